The Hall–Kier alpha value is -2.70. The molecule has 2 aromatic carbocycles. The molecule has 0 saturated heterocycles. The summed E-state index contributed by atoms with van der Waals surface area (Å²) in [6.45, 7) is 4.42. The summed E-state index contributed by atoms with van der Waals surface area (Å²) in [7, 11) is 0. The van der Waals surface area contributed by atoms with Crippen LogP contribution >= 0.6 is 22.7 Å². The van der Waals surface area contributed by atoms with Crippen LogP contribution in [-0.2, 0) is 12.8 Å². The van der Waals surface area contributed by atoms with Crippen molar-refractivity contribution >= 4 is 34.0 Å². The fourth-order valence-electron chi connectivity index (χ4n) is 4.42. The Bertz CT molecular complexity index is 1240. The first-order chi connectivity index (χ1) is 18.6. The third-order valence-corrected chi connectivity index (χ3v) is 8.73. The Labute approximate surface area is 233 Å². The van der Waals surface area contributed by atoms with E-state index in [1.807, 2.05) is 12.1 Å². The number of halogens is 2. The summed E-state index contributed by atoms with van der Waals surface area (Å²) in [4.78, 5) is 2.08. The predicted molar refractivity (Wildman–Crippen MR) is 159 cm³/mol. The molecule has 0 fully saturated rings. The number of rotatable bonds is 14. The quantitative estimate of drug-likeness (QED) is 0.110. The van der Waals surface area contributed by atoms with Gasteiger partial charge in [-0.05, 0) is 95.1 Å². The van der Waals surface area contributed by atoms with Gasteiger partial charge in [0.15, 0.2) is 11.6 Å². The maximum Gasteiger partial charge on any atom is 0.151 e. The number of thiophene rings is 2. The molecule has 38 heavy (non-hydrogen) atoms. The van der Waals surface area contributed by atoms with Crippen molar-refractivity contribution in [3.8, 4) is 20.9 Å². The van der Waals surface area contributed by atoms with E-state index in [1.165, 1.54) is 74.6 Å². The maximum absolute atomic E-state index is 14.8. The summed E-state index contributed by atoms with van der Waals surface area (Å²) in [6.07, 6.45) is 12.0. The molecule has 0 amide bonds. The van der Waals surface area contributed by atoms with Crippen molar-refractivity contribution in [2.24, 2.45) is 10.2 Å². The van der Waals surface area contributed by atoms with E-state index in [2.05, 4.69) is 47.0 Å². The SMILES string of the molecule is CCCCCCc1csc(-c2ccc(N=Nc3ccc(-c4cc(CCCCCC)cs4)cc3F)c(F)c2)c1. The van der Waals surface area contributed by atoms with Crippen molar-refractivity contribution in [1.82, 2.24) is 0 Å². The van der Waals surface area contributed by atoms with Crippen LogP contribution in [0.5, 0.6) is 0 Å². The molecular weight excluding hydrogens is 514 g/mol. The second-order valence-corrected chi connectivity index (χ2v) is 11.6. The Morgan fingerprint density at radius 2 is 1.03 bits per heavy atom. The summed E-state index contributed by atoms with van der Waals surface area (Å²) >= 11 is 3.26. The van der Waals surface area contributed by atoms with Crippen LogP contribution in [-0.4, -0.2) is 0 Å². The number of benzene rings is 2. The molecule has 2 nitrogen and oxygen atoms in total. The van der Waals surface area contributed by atoms with E-state index in [9.17, 15) is 8.78 Å². The number of unbranched alkanes of at least 4 members (excludes halogenated alkanes) is 6. The molecule has 0 bridgehead atoms. The highest BCUT2D eigenvalue weighted by Gasteiger charge is 2.10. The third kappa shape index (κ3) is 7.90. The average molecular weight is 551 g/mol. The molecule has 0 saturated carbocycles. The number of azo groups is 1. The highest BCUT2D eigenvalue weighted by atomic mass is 32.1. The molecule has 0 aliphatic carbocycles. The Morgan fingerprint density at radius 1 is 0.579 bits per heavy atom. The first-order valence-corrected chi connectivity index (χ1v) is 15.5. The molecular formula is C32H36F2N2S2. The fourth-order valence-corrected chi connectivity index (χ4v) is 6.31. The van der Waals surface area contributed by atoms with Gasteiger partial charge in [0, 0.05) is 9.75 Å². The summed E-state index contributed by atoms with van der Waals surface area (Å²) in [6, 6.07) is 14.2. The minimum atomic E-state index is -0.466. The predicted octanol–water partition coefficient (Wildman–Crippen LogP) is 12.1. The van der Waals surface area contributed by atoms with Gasteiger partial charge >= 0.3 is 0 Å². The van der Waals surface area contributed by atoms with Gasteiger partial charge in [-0.3, -0.25) is 0 Å². The van der Waals surface area contributed by atoms with Crippen molar-refractivity contribution in [3.63, 3.8) is 0 Å². The monoisotopic (exact) mass is 550 g/mol. The van der Waals surface area contributed by atoms with Crippen LogP contribution in [0.3, 0.4) is 0 Å². The van der Waals surface area contributed by atoms with Gasteiger partial charge in [0.1, 0.15) is 11.4 Å². The number of hydrogen-bond acceptors (Lipinski definition) is 4. The van der Waals surface area contributed by atoms with E-state index < -0.39 is 11.6 Å². The smallest absolute Gasteiger partial charge is 0.151 e. The first-order valence-electron chi connectivity index (χ1n) is 13.7. The van der Waals surface area contributed by atoms with Crippen LogP contribution in [0.25, 0.3) is 20.9 Å². The molecule has 0 atom stereocenters. The molecule has 200 valence electrons. The number of hydrogen-bond donors (Lipinski definition) is 0. The van der Waals surface area contributed by atoms with Crippen LogP contribution in [0, 0.1) is 11.6 Å². The molecule has 0 radical (unpaired) electrons. The van der Waals surface area contributed by atoms with Gasteiger partial charge in [0.2, 0.25) is 0 Å². The molecule has 2 heterocycles. The van der Waals surface area contributed by atoms with E-state index in [0.717, 1.165) is 33.7 Å². The summed E-state index contributed by atoms with van der Waals surface area (Å²) in [5.74, 6) is -0.933. The zero-order valence-electron chi connectivity index (χ0n) is 22.3. The van der Waals surface area contributed by atoms with Crippen LogP contribution in [0.1, 0.15) is 76.3 Å². The van der Waals surface area contributed by atoms with Crippen molar-refractivity contribution in [2.75, 3.05) is 0 Å². The molecule has 0 aliphatic heterocycles. The molecule has 0 spiro atoms. The van der Waals surface area contributed by atoms with Gasteiger partial charge < -0.3 is 0 Å². The second kappa shape index (κ2) is 14.5. The van der Waals surface area contributed by atoms with E-state index in [1.54, 1.807) is 34.8 Å². The highest BCUT2D eigenvalue weighted by molar-refractivity contribution is 7.14. The van der Waals surface area contributed by atoms with Crippen molar-refractivity contribution in [3.05, 3.63) is 82.1 Å². The largest absolute Gasteiger partial charge is 0.205 e. The minimum Gasteiger partial charge on any atom is -0.205 e. The number of aryl methyl sites for hydroxylation is 2. The van der Waals surface area contributed by atoms with Gasteiger partial charge in [-0.25, -0.2) is 8.78 Å². The third-order valence-electron chi connectivity index (χ3n) is 6.68. The number of nitrogens with zero attached hydrogens (tertiary/aromatic N) is 2. The van der Waals surface area contributed by atoms with Gasteiger partial charge in [0.05, 0.1) is 0 Å². The first kappa shape index (κ1) is 28.3. The molecule has 6 heteroatoms. The summed E-state index contributed by atoms with van der Waals surface area (Å²) in [5.41, 5.74) is 4.44. The molecule has 0 N–H and O–H groups in total. The Balaban J connectivity index is 1.38. The topological polar surface area (TPSA) is 24.7 Å². The highest BCUT2D eigenvalue weighted by Crippen LogP contribution is 2.34. The average Bonchev–Trinajstić information content (AvgIpc) is 3.59. The standard InChI is InChI=1S/C32H36F2N2S2/c1-3-5-7-9-11-23-17-31(37-21-23)25-13-15-29(27(33)19-25)35-36-30-16-14-26(20-28(30)34)32-18-24(22-38-32)12-10-8-6-4-2/h13-22H,3-12H2,1-2H3. The van der Waals surface area contributed by atoms with Crippen molar-refractivity contribution in [1.29, 1.82) is 0 Å². The lowest BCUT2D eigenvalue weighted by atomic mass is 10.1. The van der Waals surface area contributed by atoms with Crippen LogP contribution < -0.4 is 0 Å². The zero-order valence-corrected chi connectivity index (χ0v) is 23.9. The molecule has 4 aromatic rings. The van der Waals surface area contributed by atoms with Crippen LogP contribution in [0.15, 0.2) is 69.5 Å². The second-order valence-electron chi connectivity index (χ2n) is 9.79. The van der Waals surface area contributed by atoms with E-state index in [0.29, 0.717) is 0 Å². The minimum absolute atomic E-state index is 0.0968. The summed E-state index contributed by atoms with van der Waals surface area (Å²) < 4.78 is 29.6. The molecule has 4 rings (SSSR count). The van der Waals surface area contributed by atoms with E-state index in [-0.39, 0.29) is 11.4 Å². The lowest BCUT2D eigenvalue weighted by molar-refractivity contribution is 0.623. The van der Waals surface area contributed by atoms with Crippen LogP contribution in [0.2, 0.25) is 0 Å². The van der Waals surface area contributed by atoms with Gasteiger partial charge in [0.25, 0.3) is 0 Å². The molecule has 0 aliphatic rings. The maximum atomic E-state index is 14.8. The van der Waals surface area contributed by atoms with Crippen LogP contribution in [0.4, 0.5) is 20.2 Å². The van der Waals surface area contributed by atoms with Gasteiger partial charge in [-0.1, -0.05) is 64.5 Å². The molecule has 2 aromatic heterocycles. The normalized spacial score (nSPS) is 11.6. The Morgan fingerprint density at radius 3 is 1.42 bits per heavy atom. The Kier molecular flexibility index (Phi) is 10.8. The fraction of sp³-hybridized carbons (Fsp3) is 0.375. The van der Waals surface area contributed by atoms with Crippen molar-refractivity contribution in [2.45, 2.75) is 78.1 Å². The molecule has 0 unspecified atom stereocenters. The van der Waals surface area contributed by atoms with E-state index >= 15 is 0 Å². The lowest BCUT2D eigenvalue weighted by Gasteiger charge is -2.02. The lowest BCUT2D eigenvalue weighted by Crippen LogP contribution is -1.83. The van der Waals surface area contributed by atoms with Crippen molar-refractivity contribution < 1.29 is 8.78 Å². The summed E-state index contributed by atoms with van der Waals surface area (Å²) in [5, 5.41) is 12.3. The van der Waals surface area contributed by atoms with Gasteiger partial charge in [-0.2, -0.15) is 0 Å². The van der Waals surface area contributed by atoms with Gasteiger partial charge in [-0.15, -0.1) is 32.9 Å². The zero-order chi connectivity index (χ0) is 26.7. The van der Waals surface area contributed by atoms with E-state index in [4.69, 9.17) is 0 Å².